The van der Waals surface area contributed by atoms with Gasteiger partial charge >= 0.3 is 5.97 Å². The van der Waals surface area contributed by atoms with E-state index in [-0.39, 0.29) is 17.6 Å². The number of carbonyl (C=O) groups excluding carboxylic acids is 1. The lowest BCUT2D eigenvalue weighted by Crippen LogP contribution is -2.23. The summed E-state index contributed by atoms with van der Waals surface area (Å²) in [5.41, 5.74) is 5.27. The molecular formula is C12H25NO2. The van der Waals surface area contributed by atoms with E-state index >= 15 is 0 Å². The molecule has 2 N–H and O–H groups in total. The Balaban J connectivity index is 3.40. The van der Waals surface area contributed by atoms with Gasteiger partial charge in [0.05, 0.1) is 0 Å². The van der Waals surface area contributed by atoms with Crippen LogP contribution in [0.15, 0.2) is 0 Å². The van der Waals surface area contributed by atoms with Crippen LogP contribution in [0.2, 0.25) is 0 Å². The van der Waals surface area contributed by atoms with Crippen LogP contribution in [0.3, 0.4) is 0 Å². The Labute approximate surface area is 93.4 Å². The molecule has 15 heavy (non-hydrogen) atoms. The van der Waals surface area contributed by atoms with Crippen LogP contribution >= 0.6 is 0 Å². The van der Waals surface area contributed by atoms with E-state index in [0.29, 0.717) is 6.42 Å². The first-order valence-corrected chi connectivity index (χ1v) is 5.78. The first-order chi connectivity index (χ1) is 6.81. The molecule has 3 nitrogen and oxygen atoms in total. The molecule has 0 aliphatic rings. The van der Waals surface area contributed by atoms with E-state index < -0.39 is 0 Å². The minimum Gasteiger partial charge on any atom is -0.460 e. The fourth-order valence-corrected chi connectivity index (χ4v) is 1.30. The van der Waals surface area contributed by atoms with Crippen molar-refractivity contribution < 1.29 is 9.53 Å². The molecule has 0 aromatic carbocycles. The molecule has 3 heteroatoms. The van der Waals surface area contributed by atoms with Gasteiger partial charge in [0.15, 0.2) is 0 Å². The molecule has 0 rings (SSSR count). The Hall–Kier alpha value is -0.570. The lowest BCUT2D eigenvalue weighted by Gasteiger charge is -2.19. The lowest BCUT2D eigenvalue weighted by molar-refractivity contribution is -0.154. The second-order valence-corrected chi connectivity index (χ2v) is 5.16. The van der Waals surface area contributed by atoms with Crippen molar-refractivity contribution in [2.24, 2.45) is 5.73 Å². The molecule has 0 aliphatic heterocycles. The van der Waals surface area contributed by atoms with Crippen molar-refractivity contribution in [1.82, 2.24) is 0 Å². The fourth-order valence-electron chi connectivity index (χ4n) is 1.30. The van der Waals surface area contributed by atoms with Gasteiger partial charge in [-0.25, -0.2) is 0 Å². The minimum atomic E-state index is -0.358. The Bertz CT molecular complexity index is 183. The maximum absolute atomic E-state index is 11.3. The minimum absolute atomic E-state index is 0.0942. The van der Waals surface area contributed by atoms with Gasteiger partial charge in [0.25, 0.3) is 0 Å². The van der Waals surface area contributed by atoms with Crippen LogP contribution in [-0.2, 0) is 9.53 Å². The van der Waals surface area contributed by atoms with Gasteiger partial charge in [-0.1, -0.05) is 12.8 Å². The highest BCUT2D eigenvalue weighted by Crippen LogP contribution is 2.11. The van der Waals surface area contributed by atoms with E-state index in [2.05, 4.69) is 0 Å². The number of ether oxygens (including phenoxy) is 1. The second-order valence-electron chi connectivity index (χ2n) is 5.16. The lowest BCUT2D eigenvalue weighted by atomic mass is 10.1. The van der Waals surface area contributed by atoms with Gasteiger partial charge in [0.2, 0.25) is 0 Å². The van der Waals surface area contributed by atoms with Crippen molar-refractivity contribution in [3.05, 3.63) is 0 Å². The van der Waals surface area contributed by atoms with E-state index in [4.69, 9.17) is 10.5 Å². The van der Waals surface area contributed by atoms with Crippen LogP contribution in [0, 0.1) is 0 Å². The zero-order valence-corrected chi connectivity index (χ0v) is 10.5. The van der Waals surface area contributed by atoms with Crippen molar-refractivity contribution in [1.29, 1.82) is 0 Å². The molecule has 0 heterocycles. The molecule has 0 aromatic rings. The van der Waals surface area contributed by atoms with E-state index in [1.54, 1.807) is 0 Å². The SMILES string of the molecule is C[C@@H](N)CCCCCC(=O)OC(C)(C)C. The maximum atomic E-state index is 11.3. The van der Waals surface area contributed by atoms with E-state index in [1.165, 1.54) is 0 Å². The summed E-state index contributed by atoms with van der Waals surface area (Å²) in [4.78, 5) is 11.3. The van der Waals surface area contributed by atoms with Gasteiger partial charge in [0.1, 0.15) is 5.60 Å². The molecule has 0 aromatic heterocycles. The molecule has 0 fully saturated rings. The van der Waals surface area contributed by atoms with Gasteiger partial charge < -0.3 is 10.5 Å². The Morgan fingerprint density at radius 1 is 1.27 bits per heavy atom. The Morgan fingerprint density at radius 3 is 2.33 bits per heavy atom. The van der Waals surface area contributed by atoms with Gasteiger partial charge in [-0.15, -0.1) is 0 Å². The third-order valence-corrected chi connectivity index (χ3v) is 1.96. The van der Waals surface area contributed by atoms with Crippen LogP contribution in [0.1, 0.15) is 59.8 Å². The van der Waals surface area contributed by atoms with Crippen LogP contribution in [0.5, 0.6) is 0 Å². The average molecular weight is 215 g/mol. The smallest absolute Gasteiger partial charge is 0.306 e. The number of hydrogen-bond acceptors (Lipinski definition) is 3. The third-order valence-electron chi connectivity index (χ3n) is 1.96. The molecule has 0 aliphatic carbocycles. The molecule has 0 amide bonds. The number of carbonyl (C=O) groups is 1. The molecule has 0 saturated heterocycles. The topological polar surface area (TPSA) is 52.3 Å². The number of unbranched alkanes of at least 4 members (excludes halogenated alkanes) is 2. The predicted octanol–water partition coefficient (Wildman–Crippen LogP) is 2.63. The number of hydrogen-bond donors (Lipinski definition) is 1. The predicted molar refractivity (Wildman–Crippen MR) is 62.6 cm³/mol. The monoisotopic (exact) mass is 215 g/mol. The first kappa shape index (κ1) is 14.4. The zero-order valence-electron chi connectivity index (χ0n) is 10.5. The summed E-state index contributed by atoms with van der Waals surface area (Å²) in [6.45, 7) is 7.68. The molecule has 0 radical (unpaired) electrons. The molecular weight excluding hydrogens is 190 g/mol. The standard InChI is InChI=1S/C12H25NO2/c1-10(13)8-6-5-7-9-11(14)15-12(2,3)4/h10H,5-9,13H2,1-4H3/t10-/m1/s1. The maximum Gasteiger partial charge on any atom is 0.306 e. The van der Waals surface area contributed by atoms with Crippen LogP contribution in [0.25, 0.3) is 0 Å². The van der Waals surface area contributed by atoms with Gasteiger partial charge in [0, 0.05) is 12.5 Å². The molecule has 90 valence electrons. The summed E-state index contributed by atoms with van der Waals surface area (Å²) < 4.78 is 5.20. The highest BCUT2D eigenvalue weighted by molar-refractivity contribution is 5.69. The van der Waals surface area contributed by atoms with Crippen molar-refractivity contribution in [2.75, 3.05) is 0 Å². The van der Waals surface area contributed by atoms with Crippen molar-refractivity contribution in [2.45, 2.75) is 71.4 Å². The summed E-state index contributed by atoms with van der Waals surface area (Å²) in [6.07, 6.45) is 4.62. The fraction of sp³-hybridized carbons (Fsp3) is 0.917. The quantitative estimate of drug-likeness (QED) is 0.547. The average Bonchev–Trinajstić information content (AvgIpc) is 1.99. The van der Waals surface area contributed by atoms with Crippen LogP contribution in [-0.4, -0.2) is 17.6 Å². The molecule has 0 saturated carbocycles. The van der Waals surface area contributed by atoms with E-state index in [1.807, 2.05) is 27.7 Å². The van der Waals surface area contributed by atoms with Crippen molar-refractivity contribution in [3.8, 4) is 0 Å². The Morgan fingerprint density at radius 2 is 1.87 bits per heavy atom. The summed E-state index contributed by atoms with van der Waals surface area (Å²) in [5, 5.41) is 0. The van der Waals surface area contributed by atoms with Crippen LogP contribution < -0.4 is 5.73 Å². The summed E-state index contributed by atoms with van der Waals surface area (Å²) >= 11 is 0. The molecule has 1 atom stereocenters. The number of esters is 1. The normalized spacial score (nSPS) is 13.7. The van der Waals surface area contributed by atoms with Crippen LogP contribution in [0.4, 0.5) is 0 Å². The number of rotatable bonds is 6. The highest BCUT2D eigenvalue weighted by Gasteiger charge is 2.15. The molecule has 0 unspecified atom stereocenters. The van der Waals surface area contributed by atoms with Crippen molar-refractivity contribution in [3.63, 3.8) is 0 Å². The molecule has 0 spiro atoms. The Kier molecular flexibility index (Phi) is 6.57. The van der Waals surface area contributed by atoms with E-state index in [0.717, 1.165) is 25.7 Å². The largest absolute Gasteiger partial charge is 0.460 e. The summed E-state index contributed by atoms with van der Waals surface area (Å²) in [5.74, 6) is -0.0942. The summed E-state index contributed by atoms with van der Waals surface area (Å²) in [6, 6.07) is 0.270. The van der Waals surface area contributed by atoms with Gasteiger partial charge in [-0.05, 0) is 40.5 Å². The van der Waals surface area contributed by atoms with Gasteiger partial charge in [-0.3, -0.25) is 4.79 Å². The number of nitrogens with two attached hydrogens (primary N) is 1. The summed E-state index contributed by atoms with van der Waals surface area (Å²) in [7, 11) is 0. The zero-order chi connectivity index (χ0) is 11.9. The third kappa shape index (κ3) is 11.4. The highest BCUT2D eigenvalue weighted by atomic mass is 16.6. The van der Waals surface area contributed by atoms with E-state index in [9.17, 15) is 4.79 Å². The second kappa shape index (κ2) is 6.83. The molecule has 0 bridgehead atoms. The first-order valence-electron chi connectivity index (χ1n) is 5.78. The van der Waals surface area contributed by atoms with Crippen molar-refractivity contribution >= 4 is 5.97 Å². The van der Waals surface area contributed by atoms with Gasteiger partial charge in [-0.2, -0.15) is 0 Å².